The molecule has 3 aromatic rings. The van der Waals surface area contributed by atoms with Gasteiger partial charge in [-0.15, -0.1) is 0 Å². The van der Waals surface area contributed by atoms with Crippen LogP contribution in [0.1, 0.15) is 10.4 Å². The second-order valence-corrected chi connectivity index (χ2v) is 5.76. The van der Waals surface area contributed by atoms with E-state index in [0.717, 1.165) is 5.69 Å². The molecule has 6 heteroatoms. The van der Waals surface area contributed by atoms with E-state index in [1.807, 2.05) is 30.3 Å². The second-order valence-electron chi connectivity index (χ2n) is 4.98. The van der Waals surface area contributed by atoms with Crippen LogP contribution < -0.4 is 10.6 Å². The molecular weight excluding hydrogens is 345 g/mol. The van der Waals surface area contributed by atoms with Crippen molar-refractivity contribution < 1.29 is 4.79 Å². The van der Waals surface area contributed by atoms with E-state index in [2.05, 4.69) is 15.6 Å². The van der Waals surface area contributed by atoms with Gasteiger partial charge in [0, 0.05) is 17.4 Å². The molecule has 4 nitrogen and oxygen atoms in total. The van der Waals surface area contributed by atoms with Crippen molar-refractivity contribution in [3.05, 3.63) is 82.5 Å². The molecule has 2 aromatic carbocycles. The lowest BCUT2D eigenvalue weighted by atomic mass is 10.2. The van der Waals surface area contributed by atoms with Crippen molar-refractivity contribution >= 4 is 46.3 Å². The van der Waals surface area contributed by atoms with E-state index in [9.17, 15) is 4.79 Å². The second kappa shape index (κ2) is 7.34. The first kappa shape index (κ1) is 16.3. The summed E-state index contributed by atoms with van der Waals surface area (Å²) < 4.78 is 0. The van der Waals surface area contributed by atoms with E-state index in [4.69, 9.17) is 23.2 Å². The van der Waals surface area contributed by atoms with Crippen LogP contribution in [0.3, 0.4) is 0 Å². The highest BCUT2D eigenvalue weighted by atomic mass is 35.5. The molecule has 0 radical (unpaired) electrons. The summed E-state index contributed by atoms with van der Waals surface area (Å²) in [4.78, 5) is 16.6. The van der Waals surface area contributed by atoms with Gasteiger partial charge in [-0.05, 0) is 36.4 Å². The van der Waals surface area contributed by atoms with Crippen LogP contribution in [0.15, 0.2) is 66.9 Å². The molecule has 0 spiro atoms. The smallest absolute Gasteiger partial charge is 0.255 e. The van der Waals surface area contributed by atoms with Gasteiger partial charge in [-0.25, -0.2) is 4.98 Å². The van der Waals surface area contributed by atoms with Crippen molar-refractivity contribution in [1.29, 1.82) is 0 Å². The number of para-hydroxylation sites is 1. The quantitative estimate of drug-likeness (QED) is 0.658. The third-order valence-corrected chi connectivity index (χ3v) is 4.09. The molecule has 1 heterocycles. The number of pyridine rings is 1. The van der Waals surface area contributed by atoms with Gasteiger partial charge in [0.2, 0.25) is 0 Å². The molecule has 0 aliphatic carbocycles. The number of carbonyl (C=O) groups excluding carboxylic acids is 1. The zero-order valence-corrected chi connectivity index (χ0v) is 14.0. The third kappa shape index (κ3) is 3.85. The summed E-state index contributed by atoms with van der Waals surface area (Å²) in [6.07, 6.45) is 1.57. The number of carbonyl (C=O) groups is 1. The molecule has 0 aliphatic rings. The lowest BCUT2D eigenvalue weighted by molar-refractivity contribution is 0.102. The van der Waals surface area contributed by atoms with E-state index in [-0.39, 0.29) is 5.91 Å². The Labute approximate surface area is 149 Å². The molecule has 0 saturated carbocycles. The van der Waals surface area contributed by atoms with Gasteiger partial charge in [0.1, 0.15) is 5.82 Å². The molecule has 0 bridgehead atoms. The highest BCUT2D eigenvalue weighted by Crippen LogP contribution is 2.29. The fraction of sp³-hybridized carbons (Fsp3) is 0. The molecule has 0 saturated heterocycles. The minimum atomic E-state index is -0.294. The Morgan fingerprint density at radius 3 is 2.54 bits per heavy atom. The molecule has 0 fully saturated rings. The lowest BCUT2D eigenvalue weighted by Gasteiger charge is -2.10. The number of aromatic nitrogens is 1. The fourth-order valence-corrected chi connectivity index (χ4v) is 2.45. The predicted molar refractivity (Wildman–Crippen MR) is 98.4 cm³/mol. The molecular formula is C18H13Cl2N3O. The first-order valence-electron chi connectivity index (χ1n) is 7.17. The van der Waals surface area contributed by atoms with Crippen molar-refractivity contribution in [2.75, 3.05) is 10.6 Å². The van der Waals surface area contributed by atoms with Crippen LogP contribution in [-0.2, 0) is 0 Å². The molecule has 24 heavy (non-hydrogen) atoms. The minimum absolute atomic E-state index is 0.294. The van der Waals surface area contributed by atoms with Gasteiger partial charge in [-0.2, -0.15) is 0 Å². The van der Waals surface area contributed by atoms with Gasteiger partial charge in [-0.3, -0.25) is 4.79 Å². The first-order chi connectivity index (χ1) is 11.6. The van der Waals surface area contributed by atoms with Gasteiger partial charge in [0.25, 0.3) is 5.91 Å². The number of amides is 1. The van der Waals surface area contributed by atoms with Gasteiger partial charge >= 0.3 is 0 Å². The zero-order chi connectivity index (χ0) is 16.9. The topological polar surface area (TPSA) is 54.0 Å². The van der Waals surface area contributed by atoms with Gasteiger partial charge in [-0.1, -0.05) is 47.5 Å². The van der Waals surface area contributed by atoms with Crippen LogP contribution in [0.4, 0.5) is 17.2 Å². The molecule has 120 valence electrons. The summed E-state index contributed by atoms with van der Waals surface area (Å²) in [5.74, 6) is 0.281. The van der Waals surface area contributed by atoms with Gasteiger partial charge in [0.15, 0.2) is 0 Å². The molecule has 2 N–H and O–H groups in total. The highest BCUT2D eigenvalue weighted by Gasteiger charge is 2.11. The Balaban J connectivity index is 1.78. The Morgan fingerprint density at radius 1 is 0.958 bits per heavy atom. The van der Waals surface area contributed by atoms with E-state index in [1.54, 1.807) is 36.5 Å². The van der Waals surface area contributed by atoms with Crippen LogP contribution >= 0.6 is 23.2 Å². The standard InChI is InChI=1S/C18H13Cl2N3O/c19-14-7-4-8-15(17(14)20)23-18(24)12-9-10-21-16(11-12)22-13-5-2-1-3-6-13/h1-11H,(H,21,22)(H,23,24). The number of nitrogens with zero attached hydrogens (tertiary/aromatic N) is 1. The molecule has 0 unspecified atom stereocenters. The zero-order valence-electron chi connectivity index (χ0n) is 12.5. The molecule has 1 aromatic heterocycles. The normalized spacial score (nSPS) is 10.2. The number of benzene rings is 2. The van der Waals surface area contributed by atoms with Crippen molar-refractivity contribution in [2.24, 2.45) is 0 Å². The van der Waals surface area contributed by atoms with Crippen LogP contribution in [0.5, 0.6) is 0 Å². The number of halogens is 2. The predicted octanol–water partition coefficient (Wildman–Crippen LogP) is 5.38. The SMILES string of the molecule is O=C(Nc1cccc(Cl)c1Cl)c1ccnc(Nc2ccccc2)c1. The Morgan fingerprint density at radius 2 is 1.75 bits per heavy atom. The van der Waals surface area contributed by atoms with E-state index >= 15 is 0 Å². The first-order valence-corrected chi connectivity index (χ1v) is 7.92. The highest BCUT2D eigenvalue weighted by molar-refractivity contribution is 6.44. The third-order valence-electron chi connectivity index (χ3n) is 3.27. The molecule has 0 aliphatic heterocycles. The lowest BCUT2D eigenvalue weighted by Crippen LogP contribution is -2.12. The molecule has 3 rings (SSSR count). The number of rotatable bonds is 4. The summed E-state index contributed by atoms with van der Waals surface area (Å²) in [5.41, 5.74) is 1.81. The maximum Gasteiger partial charge on any atom is 0.255 e. The number of nitrogens with one attached hydrogen (secondary N) is 2. The Hall–Kier alpha value is -2.56. The van der Waals surface area contributed by atoms with E-state index in [0.29, 0.717) is 27.1 Å². The van der Waals surface area contributed by atoms with Crippen LogP contribution in [0.2, 0.25) is 10.0 Å². The summed E-state index contributed by atoms with van der Waals surface area (Å²) in [6.45, 7) is 0. The van der Waals surface area contributed by atoms with Crippen molar-refractivity contribution in [3.8, 4) is 0 Å². The van der Waals surface area contributed by atoms with Crippen molar-refractivity contribution in [1.82, 2.24) is 4.98 Å². The van der Waals surface area contributed by atoms with E-state index < -0.39 is 0 Å². The summed E-state index contributed by atoms with van der Waals surface area (Å²) in [5, 5.41) is 6.59. The molecule has 0 atom stereocenters. The maximum absolute atomic E-state index is 12.4. The largest absolute Gasteiger partial charge is 0.340 e. The van der Waals surface area contributed by atoms with Crippen LogP contribution in [-0.4, -0.2) is 10.9 Å². The Kier molecular flexibility index (Phi) is 4.99. The number of anilines is 3. The summed E-state index contributed by atoms with van der Waals surface area (Å²) in [7, 11) is 0. The monoisotopic (exact) mass is 357 g/mol. The number of hydrogen-bond donors (Lipinski definition) is 2. The van der Waals surface area contributed by atoms with Crippen LogP contribution in [0.25, 0.3) is 0 Å². The van der Waals surface area contributed by atoms with Gasteiger partial charge < -0.3 is 10.6 Å². The van der Waals surface area contributed by atoms with Gasteiger partial charge in [0.05, 0.1) is 15.7 Å². The van der Waals surface area contributed by atoms with Crippen molar-refractivity contribution in [3.63, 3.8) is 0 Å². The fourth-order valence-electron chi connectivity index (χ4n) is 2.10. The molecule has 1 amide bonds. The summed E-state index contributed by atoms with van der Waals surface area (Å²) >= 11 is 12.0. The van der Waals surface area contributed by atoms with Crippen molar-refractivity contribution in [2.45, 2.75) is 0 Å². The van der Waals surface area contributed by atoms with E-state index in [1.165, 1.54) is 0 Å². The Bertz CT molecular complexity index is 869. The number of hydrogen-bond acceptors (Lipinski definition) is 3. The minimum Gasteiger partial charge on any atom is -0.340 e. The summed E-state index contributed by atoms with van der Waals surface area (Å²) in [6, 6.07) is 18.0. The maximum atomic E-state index is 12.4. The average molecular weight is 358 g/mol. The van der Waals surface area contributed by atoms with Crippen LogP contribution in [0, 0.1) is 0 Å². The average Bonchev–Trinajstić information content (AvgIpc) is 2.60.